The van der Waals surface area contributed by atoms with E-state index in [0.717, 1.165) is 31.4 Å². The van der Waals surface area contributed by atoms with Gasteiger partial charge in [-0.2, -0.15) is 0 Å². The Morgan fingerprint density at radius 3 is 2.16 bits per heavy atom. The number of hydrogen-bond acceptors (Lipinski definition) is 4. The van der Waals surface area contributed by atoms with Crippen LogP contribution in [0, 0.1) is 0 Å². The fraction of sp³-hybridized carbons (Fsp3) is 0.600. The molecule has 0 unspecified atom stereocenters. The molecular weight excluding hydrogens is 410 g/mol. The van der Waals surface area contributed by atoms with Crippen LogP contribution in [0.4, 0.5) is 4.79 Å². The third kappa shape index (κ3) is 13.9. The average molecular weight is 450 g/mol. The first-order chi connectivity index (χ1) is 15.0. The zero-order valence-corrected chi connectivity index (χ0v) is 20.0. The highest BCUT2D eigenvalue weighted by molar-refractivity contribution is 8.03. The van der Waals surface area contributed by atoms with Crippen LogP contribution >= 0.6 is 11.8 Å². The number of aliphatic carboxylic acids is 1. The predicted molar refractivity (Wildman–Crippen MR) is 129 cm³/mol. The second-order valence-electron chi connectivity index (χ2n) is 7.79. The molecule has 1 rings (SSSR count). The predicted octanol–water partition coefficient (Wildman–Crippen LogP) is 6.93. The molecule has 5 nitrogen and oxygen atoms in total. The lowest BCUT2D eigenvalue weighted by molar-refractivity contribution is -0.132. The Labute approximate surface area is 192 Å². The Kier molecular flexibility index (Phi) is 15.5. The summed E-state index contributed by atoms with van der Waals surface area (Å²) in [5.41, 5.74) is 1.34. The molecule has 6 heteroatoms. The van der Waals surface area contributed by atoms with E-state index in [-0.39, 0.29) is 5.57 Å². The first-order valence-electron chi connectivity index (χ1n) is 11.6. The molecule has 0 spiro atoms. The number of ether oxygens (including phenoxy) is 1. The normalized spacial score (nSPS) is 11.7. The monoisotopic (exact) mass is 449 g/mol. The third-order valence-corrected chi connectivity index (χ3v) is 6.25. The fourth-order valence-electron chi connectivity index (χ4n) is 3.14. The summed E-state index contributed by atoms with van der Waals surface area (Å²) in [4.78, 5) is 23.5. The van der Waals surface area contributed by atoms with Gasteiger partial charge in [-0.25, -0.2) is 9.59 Å². The number of carbonyl (C=O) groups excluding carboxylic acids is 1. The van der Waals surface area contributed by atoms with Gasteiger partial charge in [0.25, 0.3) is 0 Å². The summed E-state index contributed by atoms with van der Waals surface area (Å²) < 4.78 is 5.23. The highest BCUT2D eigenvalue weighted by Crippen LogP contribution is 2.20. The maximum absolute atomic E-state index is 12.1. The van der Waals surface area contributed by atoms with Crippen LogP contribution in [-0.2, 0) is 16.0 Å². The molecule has 0 atom stereocenters. The maximum atomic E-state index is 12.1. The van der Waals surface area contributed by atoms with Crippen molar-refractivity contribution in [1.29, 1.82) is 0 Å². The van der Waals surface area contributed by atoms with Gasteiger partial charge in [0.2, 0.25) is 0 Å². The smallest absolute Gasteiger partial charge is 0.412 e. The first-order valence-corrected chi connectivity index (χ1v) is 12.6. The van der Waals surface area contributed by atoms with Crippen molar-refractivity contribution in [2.24, 2.45) is 0 Å². The summed E-state index contributed by atoms with van der Waals surface area (Å²) in [6.07, 6.45) is 12.1. The van der Waals surface area contributed by atoms with Crippen LogP contribution < -0.4 is 5.32 Å². The number of unbranched alkanes of at least 4 members (excludes halogenated alkanes) is 8. The van der Waals surface area contributed by atoms with Gasteiger partial charge in [0.15, 0.2) is 0 Å². The number of nitrogens with one attached hydrogen (secondary N) is 1. The topological polar surface area (TPSA) is 75.6 Å². The molecule has 0 heterocycles. The molecule has 0 radical (unpaired) electrons. The quantitative estimate of drug-likeness (QED) is 0.199. The number of carbonyl (C=O) groups is 2. The minimum absolute atomic E-state index is 0.141. The second kappa shape index (κ2) is 17.7. The Hall–Kier alpha value is -1.95. The van der Waals surface area contributed by atoms with Crippen molar-refractivity contribution in [3.8, 4) is 0 Å². The third-order valence-electron chi connectivity index (χ3n) is 5.06. The molecule has 31 heavy (non-hydrogen) atoms. The van der Waals surface area contributed by atoms with Crippen molar-refractivity contribution in [2.75, 3.05) is 12.4 Å². The molecule has 1 aromatic rings. The molecule has 174 valence electrons. The average Bonchev–Trinajstić information content (AvgIpc) is 2.77. The number of amides is 1. The van der Waals surface area contributed by atoms with E-state index in [1.54, 1.807) is 0 Å². The zero-order valence-electron chi connectivity index (χ0n) is 19.2. The summed E-state index contributed by atoms with van der Waals surface area (Å²) in [5, 5.41) is 12.3. The van der Waals surface area contributed by atoms with Crippen molar-refractivity contribution in [1.82, 2.24) is 5.32 Å². The molecule has 2 N–H and O–H groups in total. The Morgan fingerprint density at radius 1 is 0.935 bits per heavy atom. The molecule has 0 bridgehead atoms. The number of carboxylic acid groups (broad SMARTS) is 1. The number of hydrogen-bond donors (Lipinski definition) is 2. The van der Waals surface area contributed by atoms with E-state index in [2.05, 4.69) is 12.2 Å². The molecule has 1 aromatic carbocycles. The number of carboxylic acids is 1. The minimum atomic E-state index is -1.03. The summed E-state index contributed by atoms with van der Waals surface area (Å²) in [7, 11) is 0. The first kappa shape index (κ1) is 27.1. The Bertz CT molecular complexity index is 661. The minimum Gasteiger partial charge on any atom is -0.478 e. The molecule has 0 saturated heterocycles. The van der Waals surface area contributed by atoms with E-state index in [9.17, 15) is 14.7 Å². The largest absolute Gasteiger partial charge is 0.478 e. The van der Waals surface area contributed by atoms with Gasteiger partial charge < -0.3 is 9.84 Å². The van der Waals surface area contributed by atoms with Gasteiger partial charge in [0.05, 0.1) is 17.2 Å². The lowest BCUT2D eigenvalue weighted by Gasteiger charge is -2.12. The molecule has 0 aromatic heterocycles. The molecule has 0 saturated carbocycles. The molecular formula is C25H39NO4S. The van der Waals surface area contributed by atoms with E-state index in [0.29, 0.717) is 11.6 Å². The summed E-state index contributed by atoms with van der Waals surface area (Å²) in [6.45, 7) is 4.03. The van der Waals surface area contributed by atoms with Gasteiger partial charge in [-0.1, -0.05) is 88.6 Å². The van der Waals surface area contributed by atoms with Crippen molar-refractivity contribution in [3.63, 3.8) is 0 Å². The lowest BCUT2D eigenvalue weighted by atomic mass is 10.1. The molecule has 0 aliphatic carbocycles. The van der Waals surface area contributed by atoms with Crippen LogP contribution in [0.15, 0.2) is 40.9 Å². The zero-order chi connectivity index (χ0) is 22.7. The van der Waals surface area contributed by atoms with Crippen LogP contribution in [0.1, 0.15) is 83.6 Å². The Balaban J connectivity index is 2.25. The van der Waals surface area contributed by atoms with Gasteiger partial charge in [0.1, 0.15) is 0 Å². The van der Waals surface area contributed by atoms with E-state index in [1.165, 1.54) is 69.2 Å². The highest BCUT2D eigenvalue weighted by atomic mass is 32.2. The standard InChI is InChI=1S/C25H39NO4S/c1-3-4-5-6-7-8-9-10-14-20-31-23(21(2)24(27)28)26-25(29)30-19-15-18-22-16-12-11-13-17-22/h11-13,16-17H,3-10,14-15,18-20H2,1-2H3,(H,26,29)(H,27,28)/b23-21+. The molecule has 1 amide bonds. The summed E-state index contributed by atoms with van der Waals surface area (Å²) in [5.74, 6) is -0.247. The highest BCUT2D eigenvalue weighted by Gasteiger charge is 2.14. The number of benzene rings is 1. The van der Waals surface area contributed by atoms with E-state index < -0.39 is 12.1 Å². The number of alkyl carbamates (subject to hydrolysis) is 1. The van der Waals surface area contributed by atoms with Crippen LogP contribution in [0.25, 0.3) is 0 Å². The van der Waals surface area contributed by atoms with Gasteiger partial charge in [-0.3, -0.25) is 5.32 Å². The second-order valence-corrected chi connectivity index (χ2v) is 8.89. The number of thioether (sulfide) groups is 1. The van der Waals surface area contributed by atoms with E-state index in [4.69, 9.17) is 4.74 Å². The molecule has 0 aliphatic heterocycles. The van der Waals surface area contributed by atoms with E-state index >= 15 is 0 Å². The van der Waals surface area contributed by atoms with Gasteiger partial charge >= 0.3 is 12.1 Å². The number of aryl methyl sites for hydroxylation is 1. The van der Waals surface area contributed by atoms with Crippen LogP contribution in [-0.4, -0.2) is 29.5 Å². The summed E-state index contributed by atoms with van der Waals surface area (Å²) >= 11 is 1.38. The maximum Gasteiger partial charge on any atom is 0.412 e. The molecule has 0 aliphatic rings. The lowest BCUT2D eigenvalue weighted by Crippen LogP contribution is -2.25. The van der Waals surface area contributed by atoms with Crippen molar-refractivity contribution in [3.05, 3.63) is 46.5 Å². The van der Waals surface area contributed by atoms with Crippen molar-refractivity contribution in [2.45, 2.75) is 84.5 Å². The summed E-state index contributed by atoms with van der Waals surface area (Å²) in [6, 6.07) is 10.0. The van der Waals surface area contributed by atoms with Gasteiger partial charge in [-0.05, 0) is 37.5 Å². The Morgan fingerprint density at radius 2 is 1.55 bits per heavy atom. The SMILES string of the molecule is CCCCCCCCCCCS/C(NC(=O)OCCCc1ccccc1)=C(\C)C(=O)O. The van der Waals surface area contributed by atoms with Gasteiger partial charge in [0, 0.05) is 0 Å². The van der Waals surface area contributed by atoms with Crippen molar-refractivity contribution < 1.29 is 19.4 Å². The van der Waals surface area contributed by atoms with Crippen LogP contribution in [0.5, 0.6) is 0 Å². The molecule has 0 fully saturated rings. The van der Waals surface area contributed by atoms with Crippen molar-refractivity contribution >= 4 is 23.8 Å². The number of rotatable bonds is 17. The van der Waals surface area contributed by atoms with Crippen LogP contribution in [0.2, 0.25) is 0 Å². The fourth-order valence-corrected chi connectivity index (χ4v) is 4.15. The van der Waals surface area contributed by atoms with E-state index in [1.807, 2.05) is 30.3 Å². The van der Waals surface area contributed by atoms with Crippen LogP contribution in [0.3, 0.4) is 0 Å². The van der Waals surface area contributed by atoms with Gasteiger partial charge in [-0.15, -0.1) is 11.8 Å².